The lowest BCUT2D eigenvalue weighted by Gasteiger charge is -2.45. The highest BCUT2D eigenvalue weighted by molar-refractivity contribution is 7.00. The van der Waals surface area contributed by atoms with Gasteiger partial charge in [-0.05, 0) is 261 Å². The molecule has 0 spiro atoms. The molecule has 558 valence electrons. The molecule has 2 aliphatic heterocycles. The fraction of sp³-hybridized carbons (Fsp3) is 0.182. The molecule has 0 amide bonds. The van der Waals surface area contributed by atoms with Gasteiger partial charge in [0.15, 0.2) is 0 Å². The molecule has 0 fully saturated rings. The number of rotatable bonds is 10. The van der Waals surface area contributed by atoms with Crippen molar-refractivity contribution >= 4 is 101 Å². The van der Waals surface area contributed by atoms with Crippen molar-refractivity contribution in [2.75, 3.05) is 9.80 Å². The highest BCUT2D eigenvalue weighted by Crippen LogP contribution is 2.53. The fourth-order valence-electron chi connectivity index (χ4n) is 20.5. The highest BCUT2D eigenvalue weighted by atomic mass is 15.2. The van der Waals surface area contributed by atoms with Crippen LogP contribution in [-0.2, 0) is 27.1 Å². The van der Waals surface area contributed by atoms with E-state index in [0.29, 0.717) is 0 Å². The van der Waals surface area contributed by atoms with Crippen molar-refractivity contribution in [3.8, 4) is 78.1 Å². The van der Waals surface area contributed by atoms with Gasteiger partial charge in [0.1, 0.15) is 0 Å². The maximum atomic E-state index is 2.65. The van der Waals surface area contributed by atoms with Gasteiger partial charge in [-0.15, -0.1) is 0 Å². The second-order valence-electron chi connectivity index (χ2n) is 36.9. The second kappa shape index (κ2) is 26.1. The first kappa shape index (κ1) is 70.4. The molecular formula is C110H95BN4. The summed E-state index contributed by atoms with van der Waals surface area (Å²) in [4.78, 5) is 5.30. The minimum atomic E-state index is -0.200. The van der Waals surface area contributed by atoms with Crippen LogP contribution in [0, 0.1) is 0 Å². The Morgan fingerprint density at radius 1 is 0.252 bits per heavy atom. The summed E-state index contributed by atoms with van der Waals surface area (Å²) in [6, 6.07) is 126. The van der Waals surface area contributed by atoms with Crippen molar-refractivity contribution in [3.63, 3.8) is 0 Å². The van der Waals surface area contributed by atoms with Gasteiger partial charge in [-0.2, -0.15) is 0 Å². The topological polar surface area (TPSA) is 16.3 Å². The summed E-state index contributed by atoms with van der Waals surface area (Å²) in [5.41, 5.74) is 39.2. The first-order valence-electron chi connectivity index (χ1n) is 41.6. The van der Waals surface area contributed by atoms with E-state index in [1.54, 1.807) is 0 Å². The molecule has 4 heterocycles. The van der Waals surface area contributed by atoms with Gasteiger partial charge in [0, 0.05) is 61.4 Å². The Balaban J connectivity index is 0.855. The molecule has 21 rings (SSSR count). The molecule has 2 aliphatic carbocycles. The summed E-state index contributed by atoms with van der Waals surface area (Å²) < 4.78 is 5.10. The van der Waals surface area contributed by atoms with Crippen molar-refractivity contribution in [2.45, 2.75) is 129 Å². The SMILES string of the molecule is CC(C)(C)c1ccccc1-c1ccc2c(c1)N(c1ccc(-c3ccc4c(c3)C(C)(C)CCC4(C)C)cc1)c1cc(-n3c4ccc(-c5ccccc5)cc4c4cc(-c5ccccc5)ccc43)cc3c1B2c1ccc(-n2c4ccccc4c4cc(-c5ccccc5)ccc42)cc1N3c1ccc(-c2ccc3c(c2)C(C)(C)CCC3(C)C)cc1. The minimum Gasteiger partial charge on any atom is -0.311 e. The first-order valence-corrected chi connectivity index (χ1v) is 41.6. The number of para-hydroxylation sites is 1. The monoisotopic (exact) mass is 1480 g/mol. The number of hydrogen-bond acceptors (Lipinski definition) is 2. The van der Waals surface area contributed by atoms with Gasteiger partial charge < -0.3 is 18.9 Å². The zero-order chi connectivity index (χ0) is 78.2. The number of anilines is 6. The molecular weight excluding hydrogens is 1390 g/mol. The van der Waals surface area contributed by atoms with E-state index in [1.165, 1.54) is 156 Å². The van der Waals surface area contributed by atoms with E-state index >= 15 is 0 Å². The Hall–Kier alpha value is -12.4. The normalized spacial score (nSPS) is 15.5. The van der Waals surface area contributed by atoms with E-state index in [2.05, 4.69) is 423 Å². The van der Waals surface area contributed by atoms with Crippen molar-refractivity contribution in [1.29, 1.82) is 0 Å². The number of benzene rings is 15. The van der Waals surface area contributed by atoms with Crippen molar-refractivity contribution in [2.24, 2.45) is 0 Å². The zero-order valence-corrected chi connectivity index (χ0v) is 67.9. The molecule has 0 N–H and O–H groups in total. The standard InChI is InChI=1S/C110H95BN4/c1-106(2,3)90-33-23-21-31-85(90)80-41-52-95-101(66-80)112(81-45-35-73(36-46-81)78-39-50-91-93(64-78)109(8,9)59-57-107(91,4)5)103-68-84(115-99-55-43-76(71-27-17-13-18-28-71)62-88(99)89-63-77(44-56-100(89)115)72-29-19-14-20-30-72)69-104-105(103)111(95)96-53-49-83(114-97-34-24-22-32-86(97)87-61-75(42-54-98(87)114)70-25-15-12-16-26-70)67-102(96)113(104)82-47-37-74(38-48-82)79-40-51-92-94(65-79)110(10,11)60-58-108(92,6)7/h12-56,61-69H,57-60H2,1-11H3. The van der Waals surface area contributed by atoms with Gasteiger partial charge >= 0.3 is 0 Å². The molecule has 0 radical (unpaired) electrons. The Morgan fingerprint density at radius 2 is 0.591 bits per heavy atom. The smallest absolute Gasteiger partial charge is 0.252 e. The molecule has 4 nitrogen and oxygen atoms in total. The van der Waals surface area contributed by atoms with Crippen molar-refractivity contribution < 1.29 is 0 Å². The maximum absolute atomic E-state index is 2.65. The molecule has 5 heteroatoms. The zero-order valence-electron chi connectivity index (χ0n) is 67.9. The molecule has 15 aromatic carbocycles. The second-order valence-corrected chi connectivity index (χ2v) is 36.9. The predicted molar refractivity (Wildman–Crippen MR) is 491 cm³/mol. The predicted octanol–water partition coefficient (Wildman–Crippen LogP) is 28.0. The van der Waals surface area contributed by atoms with Crippen LogP contribution in [0.5, 0.6) is 0 Å². The van der Waals surface area contributed by atoms with Gasteiger partial charge in [-0.1, -0.05) is 307 Å². The maximum Gasteiger partial charge on any atom is 0.252 e. The average molecular weight is 1480 g/mol. The molecule has 0 saturated carbocycles. The third-order valence-corrected chi connectivity index (χ3v) is 27.0. The largest absolute Gasteiger partial charge is 0.311 e. The quantitative estimate of drug-likeness (QED) is 0.127. The number of nitrogens with zero attached hydrogens (tertiary/aromatic N) is 4. The molecule has 115 heavy (non-hydrogen) atoms. The van der Waals surface area contributed by atoms with Crippen LogP contribution in [0.25, 0.3) is 122 Å². The van der Waals surface area contributed by atoms with E-state index in [9.17, 15) is 0 Å². The summed E-state index contributed by atoms with van der Waals surface area (Å²) in [7, 11) is 0. The lowest BCUT2D eigenvalue weighted by Crippen LogP contribution is -2.61. The van der Waals surface area contributed by atoms with Gasteiger partial charge in [0.25, 0.3) is 6.71 Å². The molecule has 4 aliphatic rings. The third kappa shape index (κ3) is 11.4. The molecule has 0 unspecified atom stereocenters. The Bertz CT molecular complexity index is 6710. The lowest BCUT2D eigenvalue weighted by molar-refractivity contribution is 0.332. The van der Waals surface area contributed by atoms with Crippen LogP contribution in [0.2, 0.25) is 0 Å². The van der Waals surface area contributed by atoms with Gasteiger partial charge in [-0.25, -0.2) is 0 Å². The van der Waals surface area contributed by atoms with Crippen LogP contribution >= 0.6 is 0 Å². The van der Waals surface area contributed by atoms with Crippen LogP contribution in [0.3, 0.4) is 0 Å². The van der Waals surface area contributed by atoms with Crippen LogP contribution in [-0.4, -0.2) is 15.8 Å². The van der Waals surface area contributed by atoms with Crippen molar-refractivity contribution in [1.82, 2.24) is 9.13 Å². The van der Waals surface area contributed by atoms with Gasteiger partial charge in [0.05, 0.1) is 27.8 Å². The van der Waals surface area contributed by atoms with Gasteiger partial charge in [-0.3, -0.25) is 0 Å². The van der Waals surface area contributed by atoms with Crippen LogP contribution < -0.4 is 26.2 Å². The van der Waals surface area contributed by atoms with Crippen LogP contribution in [0.1, 0.15) is 130 Å². The molecule has 17 aromatic rings. The van der Waals surface area contributed by atoms with Crippen LogP contribution in [0.4, 0.5) is 34.1 Å². The summed E-state index contributed by atoms with van der Waals surface area (Å²) >= 11 is 0. The molecule has 2 aromatic heterocycles. The number of aromatic nitrogens is 2. The van der Waals surface area contributed by atoms with E-state index in [0.717, 1.165) is 69.4 Å². The molecule has 0 atom stereocenters. The van der Waals surface area contributed by atoms with E-state index in [4.69, 9.17) is 0 Å². The average Bonchev–Trinajstić information content (AvgIpc) is 1.26. The van der Waals surface area contributed by atoms with E-state index in [1.807, 2.05) is 0 Å². The Morgan fingerprint density at radius 3 is 1.07 bits per heavy atom. The number of fused-ring (bicyclic) bond motifs is 12. The third-order valence-electron chi connectivity index (χ3n) is 27.0. The number of hydrogen-bond donors (Lipinski definition) is 0. The molecule has 0 bridgehead atoms. The minimum absolute atomic E-state index is 0.0610. The molecule has 0 saturated heterocycles. The highest BCUT2D eigenvalue weighted by Gasteiger charge is 2.46. The van der Waals surface area contributed by atoms with E-state index < -0.39 is 0 Å². The summed E-state index contributed by atoms with van der Waals surface area (Å²) in [5, 5.41) is 4.85. The van der Waals surface area contributed by atoms with Crippen LogP contribution in [0.15, 0.2) is 328 Å². The fourth-order valence-corrected chi connectivity index (χ4v) is 20.5. The first-order chi connectivity index (χ1) is 55.6. The summed E-state index contributed by atoms with van der Waals surface area (Å²) in [6.45, 7) is 26.3. The summed E-state index contributed by atoms with van der Waals surface area (Å²) in [5.74, 6) is 0. The summed E-state index contributed by atoms with van der Waals surface area (Å²) in [6.07, 6.45) is 4.67. The van der Waals surface area contributed by atoms with Crippen molar-refractivity contribution in [3.05, 3.63) is 355 Å². The Labute approximate surface area is 677 Å². The van der Waals surface area contributed by atoms with Gasteiger partial charge in [0.2, 0.25) is 0 Å². The van der Waals surface area contributed by atoms with E-state index in [-0.39, 0.29) is 33.8 Å². The Kier molecular flexibility index (Phi) is 16.0. The lowest BCUT2D eigenvalue weighted by atomic mass is 9.33.